The lowest BCUT2D eigenvalue weighted by atomic mass is 10.1. The minimum Gasteiger partial charge on any atom is -0.468 e. The van der Waals surface area contributed by atoms with Gasteiger partial charge in [-0.1, -0.05) is 6.92 Å². The highest BCUT2D eigenvalue weighted by molar-refractivity contribution is 5.97. The zero-order valence-corrected chi connectivity index (χ0v) is 10.2. The van der Waals surface area contributed by atoms with Gasteiger partial charge in [0.05, 0.1) is 7.11 Å². The summed E-state index contributed by atoms with van der Waals surface area (Å²) < 4.78 is 4.57. The molecular formula is C12H18N2O3. The molecule has 1 unspecified atom stereocenters. The number of rotatable bonds is 6. The summed E-state index contributed by atoms with van der Waals surface area (Å²) in [5, 5.41) is 2.73. The summed E-state index contributed by atoms with van der Waals surface area (Å²) in [6, 6.07) is 3.85. The van der Waals surface area contributed by atoms with E-state index >= 15 is 0 Å². The van der Waals surface area contributed by atoms with Crippen molar-refractivity contribution in [2.75, 3.05) is 13.7 Å². The second-order valence-corrected chi connectivity index (χ2v) is 3.72. The predicted octanol–water partition coefficient (Wildman–Crippen LogP) is 0.873. The number of carbonyl (C=O) groups is 2. The molecule has 0 fully saturated rings. The molecule has 1 rings (SSSR count). The molecule has 1 aromatic rings. The van der Waals surface area contributed by atoms with Crippen LogP contribution in [0, 0.1) is 5.92 Å². The SMILES string of the molecule is CCC(C(=O)NCCc1ccc[nH]1)C(=O)OC. The van der Waals surface area contributed by atoms with Crippen molar-refractivity contribution in [2.24, 2.45) is 5.92 Å². The van der Waals surface area contributed by atoms with Crippen molar-refractivity contribution in [3.63, 3.8) is 0 Å². The third kappa shape index (κ3) is 3.94. The quantitative estimate of drug-likeness (QED) is 0.570. The fraction of sp³-hybridized carbons (Fsp3) is 0.500. The monoisotopic (exact) mass is 238 g/mol. The summed E-state index contributed by atoms with van der Waals surface area (Å²) in [4.78, 5) is 26.0. The molecule has 0 aliphatic carbocycles. The summed E-state index contributed by atoms with van der Waals surface area (Å²) in [5.74, 6) is -1.46. The van der Waals surface area contributed by atoms with Gasteiger partial charge in [-0.25, -0.2) is 0 Å². The van der Waals surface area contributed by atoms with Crippen molar-refractivity contribution in [1.29, 1.82) is 0 Å². The van der Waals surface area contributed by atoms with E-state index in [0.717, 1.165) is 12.1 Å². The summed E-state index contributed by atoms with van der Waals surface area (Å²) >= 11 is 0. The lowest BCUT2D eigenvalue weighted by molar-refractivity contribution is -0.150. The van der Waals surface area contributed by atoms with Gasteiger partial charge in [0.1, 0.15) is 5.92 Å². The second kappa shape index (κ2) is 6.73. The number of hydrogen-bond acceptors (Lipinski definition) is 3. The fourth-order valence-corrected chi connectivity index (χ4v) is 1.57. The van der Waals surface area contributed by atoms with Crippen LogP contribution in [0.2, 0.25) is 0 Å². The van der Waals surface area contributed by atoms with Crippen molar-refractivity contribution in [1.82, 2.24) is 10.3 Å². The van der Waals surface area contributed by atoms with Gasteiger partial charge in [0.2, 0.25) is 5.91 Å². The average Bonchev–Trinajstić information content (AvgIpc) is 2.82. The summed E-state index contributed by atoms with van der Waals surface area (Å²) in [6.07, 6.45) is 3.00. The smallest absolute Gasteiger partial charge is 0.318 e. The standard InChI is InChI=1S/C12H18N2O3/c1-3-10(12(16)17-2)11(15)14-8-6-9-5-4-7-13-9/h4-5,7,10,13H,3,6,8H2,1-2H3,(H,14,15). The van der Waals surface area contributed by atoms with Crippen molar-refractivity contribution in [2.45, 2.75) is 19.8 Å². The summed E-state index contributed by atoms with van der Waals surface area (Å²) in [5.41, 5.74) is 1.05. The van der Waals surface area contributed by atoms with Crippen LogP contribution in [0.3, 0.4) is 0 Å². The van der Waals surface area contributed by atoms with Crippen LogP contribution in [0.5, 0.6) is 0 Å². The molecule has 0 radical (unpaired) electrons. The molecule has 0 spiro atoms. The number of esters is 1. The van der Waals surface area contributed by atoms with Crippen LogP contribution >= 0.6 is 0 Å². The van der Waals surface area contributed by atoms with Crippen LogP contribution in [0.4, 0.5) is 0 Å². The average molecular weight is 238 g/mol. The first kappa shape index (κ1) is 13.3. The summed E-state index contributed by atoms with van der Waals surface area (Å²) in [7, 11) is 1.29. The fourth-order valence-electron chi connectivity index (χ4n) is 1.57. The minimum absolute atomic E-state index is 0.272. The molecule has 17 heavy (non-hydrogen) atoms. The molecule has 0 aliphatic heterocycles. The van der Waals surface area contributed by atoms with Crippen LogP contribution in [0.15, 0.2) is 18.3 Å². The van der Waals surface area contributed by atoms with E-state index in [1.807, 2.05) is 18.3 Å². The van der Waals surface area contributed by atoms with Gasteiger partial charge in [0, 0.05) is 24.9 Å². The Hall–Kier alpha value is -1.78. The number of hydrogen-bond donors (Lipinski definition) is 2. The van der Waals surface area contributed by atoms with Crippen molar-refractivity contribution in [3.05, 3.63) is 24.0 Å². The van der Waals surface area contributed by atoms with E-state index in [-0.39, 0.29) is 5.91 Å². The van der Waals surface area contributed by atoms with Crippen molar-refractivity contribution in [3.8, 4) is 0 Å². The highest BCUT2D eigenvalue weighted by Crippen LogP contribution is 2.05. The van der Waals surface area contributed by atoms with Crippen LogP contribution < -0.4 is 5.32 Å². The number of nitrogens with one attached hydrogen (secondary N) is 2. The first-order chi connectivity index (χ1) is 8.19. The van der Waals surface area contributed by atoms with E-state index in [1.165, 1.54) is 7.11 Å². The van der Waals surface area contributed by atoms with Crippen LogP contribution in [0.1, 0.15) is 19.0 Å². The van der Waals surface area contributed by atoms with Crippen LogP contribution in [0.25, 0.3) is 0 Å². The molecule has 5 heteroatoms. The first-order valence-corrected chi connectivity index (χ1v) is 5.66. The van der Waals surface area contributed by atoms with Gasteiger partial charge < -0.3 is 15.0 Å². The van der Waals surface area contributed by atoms with Gasteiger partial charge in [-0.15, -0.1) is 0 Å². The maximum absolute atomic E-state index is 11.7. The maximum atomic E-state index is 11.7. The Morgan fingerprint density at radius 1 is 1.53 bits per heavy atom. The van der Waals surface area contributed by atoms with Gasteiger partial charge in [-0.2, -0.15) is 0 Å². The highest BCUT2D eigenvalue weighted by Gasteiger charge is 2.24. The lowest BCUT2D eigenvalue weighted by Gasteiger charge is -2.12. The van der Waals surface area contributed by atoms with Crippen molar-refractivity contribution < 1.29 is 14.3 Å². The van der Waals surface area contributed by atoms with Gasteiger partial charge >= 0.3 is 5.97 Å². The van der Waals surface area contributed by atoms with E-state index < -0.39 is 11.9 Å². The Bertz CT molecular complexity index is 360. The second-order valence-electron chi connectivity index (χ2n) is 3.72. The van der Waals surface area contributed by atoms with Crippen LogP contribution in [-0.4, -0.2) is 30.5 Å². The van der Waals surface area contributed by atoms with E-state index in [2.05, 4.69) is 15.0 Å². The molecule has 0 saturated carbocycles. The predicted molar refractivity (Wildman–Crippen MR) is 63.3 cm³/mol. The molecule has 0 aromatic carbocycles. The highest BCUT2D eigenvalue weighted by atomic mass is 16.5. The van der Waals surface area contributed by atoms with Crippen molar-refractivity contribution >= 4 is 11.9 Å². The maximum Gasteiger partial charge on any atom is 0.318 e. The molecule has 1 amide bonds. The number of ether oxygens (including phenoxy) is 1. The topological polar surface area (TPSA) is 71.2 Å². The Balaban J connectivity index is 2.35. The Morgan fingerprint density at radius 3 is 2.82 bits per heavy atom. The number of methoxy groups -OCH3 is 1. The normalized spacial score (nSPS) is 11.9. The molecule has 2 N–H and O–H groups in total. The van der Waals surface area contributed by atoms with E-state index in [0.29, 0.717) is 13.0 Å². The summed E-state index contributed by atoms with van der Waals surface area (Å²) in [6.45, 7) is 2.29. The number of amides is 1. The molecular weight excluding hydrogens is 220 g/mol. The Labute approximate surface area is 101 Å². The molecule has 1 heterocycles. The minimum atomic E-state index is -0.705. The molecule has 94 valence electrons. The first-order valence-electron chi connectivity index (χ1n) is 5.66. The molecule has 1 atom stereocenters. The third-order valence-electron chi connectivity index (χ3n) is 2.57. The third-order valence-corrected chi connectivity index (χ3v) is 2.57. The van der Waals surface area contributed by atoms with E-state index in [4.69, 9.17) is 0 Å². The van der Waals surface area contributed by atoms with E-state index in [9.17, 15) is 9.59 Å². The van der Waals surface area contributed by atoms with E-state index in [1.54, 1.807) is 6.92 Å². The molecule has 5 nitrogen and oxygen atoms in total. The lowest BCUT2D eigenvalue weighted by Crippen LogP contribution is -2.36. The Morgan fingerprint density at radius 2 is 2.29 bits per heavy atom. The molecule has 0 bridgehead atoms. The van der Waals surface area contributed by atoms with Gasteiger partial charge in [0.25, 0.3) is 0 Å². The molecule has 0 aliphatic rings. The number of aromatic amines is 1. The molecule has 1 aromatic heterocycles. The van der Waals surface area contributed by atoms with Gasteiger partial charge in [0.15, 0.2) is 0 Å². The number of H-pyrrole nitrogens is 1. The number of aromatic nitrogens is 1. The van der Waals surface area contributed by atoms with Gasteiger partial charge in [-0.05, 0) is 18.6 Å². The van der Waals surface area contributed by atoms with Crippen LogP contribution in [-0.2, 0) is 20.7 Å². The largest absolute Gasteiger partial charge is 0.468 e. The zero-order valence-electron chi connectivity index (χ0n) is 10.2. The molecule has 0 saturated heterocycles. The zero-order chi connectivity index (χ0) is 12.7. The number of carbonyl (C=O) groups excluding carboxylic acids is 2. The Kier molecular flexibility index (Phi) is 5.26. The van der Waals surface area contributed by atoms with Gasteiger partial charge in [-0.3, -0.25) is 9.59 Å².